The van der Waals surface area contributed by atoms with Crippen LogP contribution in [0.1, 0.15) is 23.4 Å². The first-order valence-electron chi connectivity index (χ1n) is 6.05. The van der Waals surface area contributed by atoms with E-state index in [-0.39, 0.29) is 0 Å². The Morgan fingerprint density at radius 2 is 2.22 bits per heavy atom. The van der Waals surface area contributed by atoms with E-state index in [1.807, 2.05) is 0 Å². The first-order valence-corrected chi connectivity index (χ1v) is 7.95. The number of rotatable bonds is 4. The summed E-state index contributed by atoms with van der Waals surface area (Å²) in [5.74, 6) is 0. The van der Waals surface area contributed by atoms with Gasteiger partial charge in [-0.1, -0.05) is 29.5 Å². The molecule has 0 unspecified atom stereocenters. The molecule has 1 N–H and O–H groups in total. The van der Waals surface area contributed by atoms with Gasteiger partial charge in [-0.05, 0) is 47.9 Å². The standard InChI is InChI=1S/C13H14IN3S/c1-8-3-2-4-10(12(8)14)13-17-16-11(18-13)7-15-9-5-6-9/h2-4,9,15H,5-7H2,1H3. The zero-order chi connectivity index (χ0) is 12.5. The van der Waals surface area contributed by atoms with Crippen molar-refractivity contribution in [1.29, 1.82) is 0 Å². The van der Waals surface area contributed by atoms with Gasteiger partial charge in [0.15, 0.2) is 0 Å². The van der Waals surface area contributed by atoms with Crippen molar-refractivity contribution >= 4 is 33.9 Å². The molecule has 0 bridgehead atoms. The highest BCUT2D eigenvalue weighted by Crippen LogP contribution is 2.30. The summed E-state index contributed by atoms with van der Waals surface area (Å²) >= 11 is 4.07. The third kappa shape index (κ3) is 2.73. The van der Waals surface area contributed by atoms with Gasteiger partial charge in [0, 0.05) is 21.7 Å². The lowest BCUT2D eigenvalue weighted by atomic mass is 10.1. The monoisotopic (exact) mass is 371 g/mol. The molecule has 1 saturated carbocycles. The van der Waals surface area contributed by atoms with E-state index in [4.69, 9.17) is 0 Å². The summed E-state index contributed by atoms with van der Waals surface area (Å²) in [7, 11) is 0. The molecular weight excluding hydrogens is 357 g/mol. The summed E-state index contributed by atoms with van der Waals surface area (Å²) in [6, 6.07) is 7.04. The second kappa shape index (κ2) is 5.22. The third-order valence-corrected chi connectivity index (χ3v) is 5.40. The molecule has 0 aliphatic heterocycles. The molecule has 0 amide bonds. The number of aromatic nitrogens is 2. The Labute approximate surface area is 124 Å². The summed E-state index contributed by atoms with van der Waals surface area (Å²) in [5.41, 5.74) is 2.49. The Morgan fingerprint density at radius 1 is 1.39 bits per heavy atom. The molecule has 1 aromatic heterocycles. The van der Waals surface area contributed by atoms with Crippen LogP contribution in [0, 0.1) is 10.5 Å². The van der Waals surface area contributed by atoms with Crippen LogP contribution in [-0.2, 0) is 6.54 Å². The lowest BCUT2D eigenvalue weighted by Gasteiger charge is -2.02. The Kier molecular flexibility index (Phi) is 3.63. The summed E-state index contributed by atoms with van der Waals surface area (Å²) in [6.45, 7) is 2.98. The Morgan fingerprint density at radius 3 is 3.00 bits per heavy atom. The van der Waals surface area contributed by atoms with Crippen LogP contribution in [0.15, 0.2) is 18.2 Å². The molecule has 5 heteroatoms. The highest BCUT2D eigenvalue weighted by molar-refractivity contribution is 14.1. The smallest absolute Gasteiger partial charge is 0.148 e. The van der Waals surface area contributed by atoms with Crippen molar-refractivity contribution in [2.75, 3.05) is 0 Å². The first kappa shape index (κ1) is 12.5. The van der Waals surface area contributed by atoms with Crippen molar-refractivity contribution in [3.05, 3.63) is 32.3 Å². The van der Waals surface area contributed by atoms with E-state index in [0.717, 1.165) is 22.6 Å². The SMILES string of the molecule is Cc1cccc(-c2nnc(CNC3CC3)s2)c1I. The Hall–Kier alpha value is -0.530. The number of aryl methyl sites for hydroxylation is 1. The van der Waals surface area contributed by atoms with Gasteiger partial charge in [0.1, 0.15) is 10.0 Å². The van der Waals surface area contributed by atoms with Gasteiger partial charge in [0.2, 0.25) is 0 Å². The molecule has 0 radical (unpaired) electrons. The molecule has 0 atom stereocenters. The molecule has 0 spiro atoms. The third-order valence-electron chi connectivity index (χ3n) is 3.01. The highest BCUT2D eigenvalue weighted by atomic mass is 127. The normalized spacial score (nSPS) is 15.0. The Bertz CT molecular complexity index is 563. The molecule has 2 aromatic rings. The minimum absolute atomic E-state index is 0.719. The van der Waals surface area contributed by atoms with E-state index in [0.29, 0.717) is 0 Å². The van der Waals surface area contributed by atoms with Crippen LogP contribution >= 0.6 is 33.9 Å². The predicted octanol–water partition coefficient (Wildman–Crippen LogP) is 3.37. The van der Waals surface area contributed by atoms with Crippen LogP contribution in [-0.4, -0.2) is 16.2 Å². The van der Waals surface area contributed by atoms with Gasteiger partial charge >= 0.3 is 0 Å². The van der Waals surface area contributed by atoms with Gasteiger partial charge < -0.3 is 5.32 Å². The maximum Gasteiger partial charge on any atom is 0.148 e. The van der Waals surface area contributed by atoms with E-state index in [2.05, 4.69) is 63.2 Å². The number of benzene rings is 1. The van der Waals surface area contributed by atoms with Crippen molar-refractivity contribution in [1.82, 2.24) is 15.5 Å². The van der Waals surface area contributed by atoms with Crippen LogP contribution in [0.4, 0.5) is 0 Å². The van der Waals surface area contributed by atoms with E-state index in [1.165, 1.54) is 27.5 Å². The largest absolute Gasteiger partial charge is 0.308 e. The molecule has 1 fully saturated rings. The summed E-state index contributed by atoms with van der Waals surface area (Å²) < 4.78 is 1.27. The Balaban J connectivity index is 1.80. The summed E-state index contributed by atoms with van der Waals surface area (Å²) in [6.07, 6.45) is 2.61. The molecule has 3 rings (SSSR count). The summed E-state index contributed by atoms with van der Waals surface area (Å²) in [5, 5.41) is 14.1. The molecule has 1 aliphatic carbocycles. The number of nitrogens with one attached hydrogen (secondary N) is 1. The van der Waals surface area contributed by atoms with E-state index in [1.54, 1.807) is 11.3 Å². The molecule has 1 aromatic carbocycles. The zero-order valence-corrected chi connectivity index (χ0v) is 13.1. The number of nitrogens with zero attached hydrogens (tertiary/aromatic N) is 2. The fourth-order valence-electron chi connectivity index (χ4n) is 1.77. The van der Waals surface area contributed by atoms with E-state index < -0.39 is 0 Å². The minimum atomic E-state index is 0.719. The first-order chi connectivity index (χ1) is 8.74. The molecule has 94 valence electrons. The topological polar surface area (TPSA) is 37.8 Å². The average Bonchev–Trinajstić information content (AvgIpc) is 3.08. The van der Waals surface area contributed by atoms with Crippen LogP contribution in [0.25, 0.3) is 10.6 Å². The fraction of sp³-hybridized carbons (Fsp3) is 0.385. The molecule has 1 aliphatic rings. The van der Waals surface area contributed by atoms with Crippen molar-refractivity contribution in [3.63, 3.8) is 0 Å². The maximum atomic E-state index is 4.31. The molecule has 1 heterocycles. The fourth-order valence-corrected chi connectivity index (χ4v) is 3.39. The molecule has 3 nitrogen and oxygen atoms in total. The van der Waals surface area contributed by atoms with Gasteiger partial charge in [0.25, 0.3) is 0 Å². The number of hydrogen-bond acceptors (Lipinski definition) is 4. The molecule has 18 heavy (non-hydrogen) atoms. The molecule has 0 saturated heterocycles. The lowest BCUT2D eigenvalue weighted by molar-refractivity contribution is 0.679. The zero-order valence-electron chi connectivity index (χ0n) is 10.1. The van der Waals surface area contributed by atoms with Crippen LogP contribution in [0.2, 0.25) is 0 Å². The summed E-state index contributed by atoms with van der Waals surface area (Å²) in [4.78, 5) is 0. The van der Waals surface area contributed by atoms with Crippen molar-refractivity contribution in [2.45, 2.75) is 32.4 Å². The van der Waals surface area contributed by atoms with Crippen LogP contribution in [0.3, 0.4) is 0 Å². The van der Waals surface area contributed by atoms with Crippen molar-refractivity contribution < 1.29 is 0 Å². The van der Waals surface area contributed by atoms with Gasteiger partial charge in [-0.25, -0.2) is 0 Å². The second-order valence-electron chi connectivity index (χ2n) is 4.59. The minimum Gasteiger partial charge on any atom is -0.308 e. The lowest BCUT2D eigenvalue weighted by Crippen LogP contribution is -2.14. The quantitative estimate of drug-likeness (QED) is 0.838. The van der Waals surface area contributed by atoms with Gasteiger partial charge in [-0.2, -0.15) is 0 Å². The van der Waals surface area contributed by atoms with E-state index in [9.17, 15) is 0 Å². The molecular formula is C13H14IN3S. The van der Waals surface area contributed by atoms with Crippen molar-refractivity contribution in [2.24, 2.45) is 0 Å². The number of halogens is 1. The van der Waals surface area contributed by atoms with Crippen LogP contribution < -0.4 is 5.32 Å². The van der Waals surface area contributed by atoms with E-state index >= 15 is 0 Å². The predicted molar refractivity (Wildman–Crippen MR) is 82.7 cm³/mol. The van der Waals surface area contributed by atoms with Gasteiger partial charge in [-0.15, -0.1) is 10.2 Å². The van der Waals surface area contributed by atoms with Gasteiger partial charge in [0.05, 0.1) is 0 Å². The number of hydrogen-bond donors (Lipinski definition) is 1. The second-order valence-corrected chi connectivity index (χ2v) is 6.73. The maximum absolute atomic E-state index is 4.31. The van der Waals surface area contributed by atoms with Crippen LogP contribution in [0.5, 0.6) is 0 Å². The highest BCUT2D eigenvalue weighted by Gasteiger charge is 2.21. The van der Waals surface area contributed by atoms with Crippen molar-refractivity contribution in [3.8, 4) is 10.6 Å². The van der Waals surface area contributed by atoms with Gasteiger partial charge in [-0.3, -0.25) is 0 Å². The average molecular weight is 371 g/mol.